The van der Waals surface area contributed by atoms with Gasteiger partial charge >= 0.3 is 5.97 Å². The van der Waals surface area contributed by atoms with Crippen LogP contribution in [-0.2, 0) is 9.53 Å². The lowest BCUT2D eigenvalue weighted by Gasteiger charge is -2.42. The molecular formula is C13H26O2. The smallest absolute Gasteiger partial charge is 0.312 e. The van der Waals surface area contributed by atoms with Gasteiger partial charge in [0.25, 0.3) is 0 Å². The van der Waals surface area contributed by atoms with Gasteiger partial charge in [0.05, 0.1) is 12.5 Å². The zero-order valence-corrected chi connectivity index (χ0v) is 11.3. The molecule has 2 nitrogen and oxygen atoms in total. The van der Waals surface area contributed by atoms with Crippen molar-refractivity contribution in [3.05, 3.63) is 0 Å². The van der Waals surface area contributed by atoms with Crippen LogP contribution in [0.25, 0.3) is 0 Å². The molecule has 1 unspecified atom stereocenters. The van der Waals surface area contributed by atoms with Crippen molar-refractivity contribution in [2.24, 2.45) is 16.7 Å². The van der Waals surface area contributed by atoms with Crippen LogP contribution in [0.1, 0.15) is 54.4 Å². The Bertz CT molecular complexity index is 219. The molecule has 0 aromatic carbocycles. The fraction of sp³-hybridized carbons (Fsp3) is 0.923. The Labute approximate surface area is 94.4 Å². The van der Waals surface area contributed by atoms with Crippen molar-refractivity contribution in [1.29, 1.82) is 0 Å². The highest BCUT2D eigenvalue weighted by molar-refractivity contribution is 5.77. The van der Waals surface area contributed by atoms with E-state index < -0.39 is 0 Å². The Kier molecular flexibility index (Phi) is 4.82. The molecule has 0 bridgehead atoms. The standard InChI is InChI=1S/C13H26O2/c1-8-12(4,5)13(6,9-10(2)3)11(14)15-7/h10H,8-9H2,1-7H3. The molecule has 0 aromatic heterocycles. The van der Waals surface area contributed by atoms with Crippen LogP contribution in [0.4, 0.5) is 0 Å². The second kappa shape index (κ2) is 5.00. The first-order chi connectivity index (χ1) is 6.71. The number of ether oxygens (including phenoxy) is 1. The molecule has 90 valence electrons. The molecule has 0 aliphatic rings. The predicted molar refractivity (Wildman–Crippen MR) is 63.7 cm³/mol. The molecule has 0 heterocycles. The lowest BCUT2D eigenvalue weighted by atomic mass is 9.62. The van der Waals surface area contributed by atoms with Crippen LogP contribution in [-0.4, -0.2) is 13.1 Å². The molecule has 0 N–H and O–H groups in total. The number of hydrogen-bond acceptors (Lipinski definition) is 2. The summed E-state index contributed by atoms with van der Waals surface area (Å²) in [4.78, 5) is 12.0. The van der Waals surface area contributed by atoms with E-state index in [1.807, 2.05) is 6.92 Å². The summed E-state index contributed by atoms with van der Waals surface area (Å²) in [5, 5.41) is 0. The second-order valence-electron chi connectivity index (χ2n) is 5.66. The number of carbonyl (C=O) groups excluding carboxylic acids is 1. The van der Waals surface area contributed by atoms with Gasteiger partial charge in [-0.25, -0.2) is 0 Å². The van der Waals surface area contributed by atoms with Gasteiger partial charge in [-0.05, 0) is 31.1 Å². The molecule has 0 saturated heterocycles. The summed E-state index contributed by atoms with van der Waals surface area (Å²) in [5.74, 6) is 0.419. The third kappa shape index (κ3) is 2.96. The fourth-order valence-corrected chi connectivity index (χ4v) is 2.07. The SMILES string of the molecule is CCC(C)(C)C(C)(CC(C)C)C(=O)OC. The molecule has 1 atom stereocenters. The van der Waals surface area contributed by atoms with Gasteiger partial charge in [-0.2, -0.15) is 0 Å². The third-order valence-corrected chi connectivity index (χ3v) is 3.83. The molecule has 0 spiro atoms. The monoisotopic (exact) mass is 214 g/mol. The molecule has 2 heteroatoms. The van der Waals surface area contributed by atoms with Gasteiger partial charge in [-0.3, -0.25) is 4.79 Å². The molecule has 0 amide bonds. The van der Waals surface area contributed by atoms with Gasteiger partial charge in [0.2, 0.25) is 0 Å². The Morgan fingerprint density at radius 2 is 1.73 bits per heavy atom. The van der Waals surface area contributed by atoms with E-state index in [0.717, 1.165) is 12.8 Å². The summed E-state index contributed by atoms with van der Waals surface area (Å²) in [5.41, 5.74) is -0.408. The molecule has 15 heavy (non-hydrogen) atoms. The average molecular weight is 214 g/mol. The molecule has 0 rings (SSSR count). The maximum absolute atomic E-state index is 12.0. The largest absolute Gasteiger partial charge is 0.469 e. The molecule has 0 aromatic rings. The highest BCUT2D eigenvalue weighted by Crippen LogP contribution is 2.46. The highest BCUT2D eigenvalue weighted by atomic mass is 16.5. The van der Waals surface area contributed by atoms with Crippen LogP contribution in [0.15, 0.2) is 0 Å². The van der Waals surface area contributed by atoms with Crippen molar-refractivity contribution in [2.75, 3.05) is 7.11 Å². The van der Waals surface area contributed by atoms with Crippen molar-refractivity contribution in [3.63, 3.8) is 0 Å². The number of carbonyl (C=O) groups is 1. The second-order valence-corrected chi connectivity index (χ2v) is 5.66. The van der Waals surface area contributed by atoms with Crippen molar-refractivity contribution >= 4 is 5.97 Å². The van der Waals surface area contributed by atoms with Crippen LogP contribution < -0.4 is 0 Å². The van der Waals surface area contributed by atoms with Gasteiger partial charge < -0.3 is 4.74 Å². The van der Waals surface area contributed by atoms with Gasteiger partial charge in [0.15, 0.2) is 0 Å². The quantitative estimate of drug-likeness (QED) is 0.653. The minimum absolute atomic E-state index is 0.0234. The first-order valence-corrected chi connectivity index (χ1v) is 5.79. The normalized spacial score (nSPS) is 16.3. The summed E-state index contributed by atoms with van der Waals surface area (Å²) in [7, 11) is 1.48. The van der Waals surface area contributed by atoms with Crippen molar-refractivity contribution in [1.82, 2.24) is 0 Å². The number of rotatable bonds is 5. The van der Waals surface area contributed by atoms with E-state index in [0.29, 0.717) is 5.92 Å². The van der Waals surface area contributed by atoms with Gasteiger partial charge in [-0.15, -0.1) is 0 Å². The minimum Gasteiger partial charge on any atom is -0.469 e. The Hall–Kier alpha value is -0.530. The van der Waals surface area contributed by atoms with E-state index in [4.69, 9.17) is 4.74 Å². The zero-order valence-electron chi connectivity index (χ0n) is 11.3. The summed E-state index contributed by atoms with van der Waals surface area (Å²) in [6.45, 7) is 12.7. The molecule has 0 saturated carbocycles. The Morgan fingerprint density at radius 3 is 2.00 bits per heavy atom. The number of esters is 1. The molecule has 0 aliphatic carbocycles. The Morgan fingerprint density at radius 1 is 1.27 bits per heavy atom. The van der Waals surface area contributed by atoms with Crippen LogP contribution in [0.3, 0.4) is 0 Å². The first-order valence-electron chi connectivity index (χ1n) is 5.79. The molecule has 0 fully saturated rings. The topological polar surface area (TPSA) is 26.3 Å². The summed E-state index contributed by atoms with van der Waals surface area (Å²) in [6, 6.07) is 0. The van der Waals surface area contributed by atoms with Crippen LogP contribution >= 0.6 is 0 Å². The van der Waals surface area contributed by atoms with E-state index in [2.05, 4.69) is 34.6 Å². The van der Waals surface area contributed by atoms with Gasteiger partial charge in [0, 0.05) is 0 Å². The van der Waals surface area contributed by atoms with Crippen molar-refractivity contribution in [3.8, 4) is 0 Å². The lowest BCUT2D eigenvalue weighted by Crippen LogP contribution is -2.43. The molecule has 0 aliphatic heterocycles. The molecule has 0 radical (unpaired) electrons. The van der Waals surface area contributed by atoms with Gasteiger partial charge in [0.1, 0.15) is 0 Å². The molecular weight excluding hydrogens is 188 g/mol. The lowest BCUT2D eigenvalue weighted by molar-refractivity contribution is -0.161. The highest BCUT2D eigenvalue weighted by Gasteiger charge is 2.47. The maximum atomic E-state index is 12.0. The number of hydrogen-bond donors (Lipinski definition) is 0. The zero-order chi connectivity index (χ0) is 12.3. The summed E-state index contributed by atoms with van der Waals surface area (Å²) < 4.78 is 4.97. The Balaban J connectivity index is 5.10. The van der Waals surface area contributed by atoms with E-state index in [1.54, 1.807) is 0 Å². The van der Waals surface area contributed by atoms with Gasteiger partial charge in [-0.1, -0.05) is 34.6 Å². The summed E-state index contributed by atoms with van der Waals surface area (Å²) in [6.07, 6.45) is 1.85. The first kappa shape index (κ1) is 14.5. The van der Waals surface area contributed by atoms with Crippen molar-refractivity contribution in [2.45, 2.75) is 54.4 Å². The van der Waals surface area contributed by atoms with E-state index in [-0.39, 0.29) is 16.8 Å². The van der Waals surface area contributed by atoms with Crippen LogP contribution in [0.2, 0.25) is 0 Å². The third-order valence-electron chi connectivity index (χ3n) is 3.83. The average Bonchev–Trinajstić information content (AvgIpc) is 2.15. The van der Waals surface area contributed by atoms with Crippen molar-refractivity contribution < 1.29 is 9.53 Å². The summed E-state index contributed by atoms with van der Waals surface area (Å²) >= 11 is 0. The van der Waals surface area contributed by atoms with Crippen LogP contribution in [0.5, 0.6) is 0 Å². The maximum Gasteiger partial charge on any atom is 0.312 e. The van der Waals surface area contributed by atoms with E-state index >= 15 is 0 Å². The fourth-order valence-electron chi connectivity index (χ4n) is 2.07. The van der Waals surface area contributed by atoms with E-state index in [1.165, 1.54) is 7.11 Å². The number of methoxy groups -OCH3 is 1. The van der Waals surface area contributed by atoms with E-state index in [9.17, 15) is 4.79 Å². The van der Waals surface area contributed by atoms with Crippen LogP contribution in [0, 0.1) is 16.7 Å². The minimum atomic E-state index is -0.384. The predicted octanol–water partition coefficient (Wildman–Crippen LogP) is 3.65.